The van der Waals surface area contributed by atoms with E-state index in [1.54, 1.807) is 0 Å². The molecule has 1 N–H and O–H groups in total. The van der Waals surface area contributed by atoms with Gasteiger partial charge >= 0.3 is 0 Å². The van der Waals surface area contributed by atoms with Crippen LogP contribution >= 0.6 is 0 Å². The zero-order valence-corrected chi connectivity index (χ0v) is 30.6. The molecule has 57 heavy (non-hydrogen) atoms. The fraction of sp³-hybridized carbons (Fsp3) is 0.0196. The van der Waals surface area contributed by atoms with Gasteiger partial charge in [0.15, 0.2) is 5.84 Å². The van der Waals surface area contributed by atoms with E-state index in [1.807, 2.05) is 48.5 Å². The topological polar surface area (TPSA) is 68.0 Å². The van der Waals surface area contributed by atoms with E-state index in [2.05, 4.69) is 143 Å². The quantitative estimate of drug-likeness (QED) is 0.192. The number of rotatable bonds is 5. The molecular weight excluding hydrogens is 701 g/mol. The van der Waals surface area contributed by atoms with E-state index in [4.69, 9.17) is 18.8 Å². The molecule has 0 radical (unpaired) electrons. The minimum atomic E-state index is -0.342. The van der Waals surface area contributed by atoms with Crippen molar-refractivity contribution in [3.05, 3.63) is 199 Å². The second kappa shape index (κ2) is 12.4. The van der Waals surface area contributed by atoms with Crippen LogP contribution in [0.4, 0.5) is 0 Å². The number of para-hydroxylation sites is 4. The normalized spacial score (nSPS) is 14.5. The number of nitrogens with one attached hydrogen (secondary N) is 1. The summed E-state index contributed by atoms with van der Waals surface area (Å²) in [6, 6.07) is 63.3. The molecule has 0 spiro atoms. The van der Waals surface area contributed by atoms with E-state index in [-0.39, 0.29) is 6.17 Å². The molecule has 0 saturated carbocycles. The lowest BCUT2D eigenvalue weighted by Gasteiger charge is -2.24. The van der Waals surface area contributed by atoms with Gasteiger partial charge in [-0.1, -0.05) is 127 Å². The Morgan fingerprint density at radius 3 is 1.95 bits per heavy atom. The summed E-state index contributed by atoms with van der Waals surface area (Å²) in [5.41, 5.74) is 11.9. The third-order valence-electron chi connectivity index (χ3n) is 11.3. The van der Waals surface area contributed by atoms with Gasteiger partial charge in [-0.2, -0.15) is 0 Å². The zero-order valence-electron chi connectivity index (χ0n) is 30.6. The van der Waals surface area contributed by atoms with Crippen molar-refractivity contribution in [2.45, 2.75) is 6.17 Å². The SMILES string of the molecule is c1ccc(C2N=C(c3ccc4c(c3)oc3ccc(-c5ccccc5-n5c6ccccc6c6ccccc65)cc34)N=C(c3cccc4oc5ccccc5c34)N2)cc1. The minimum absolute atomic E-state index is 0.342. The van der Waals surface area contributed by atoms with Crippen LogP contribution in [0.2, 0.25) is 0 Å². The van der Waals surface area contributed by atoms with Gasteiger partial charge in [-0.25, -0.2) is 9.98 Å². The number of hydrogen-bond donors (Lipinski definition) is 1. The fourth-order valence-corrected chi connectivity index (χ4v) is 8.67. The van der Waals surface area contributed by atoms with Crippen molar-refractivity contribution in [2.75, 3.05) is 0 Å². The molecule has 0 bridgehead atoms. The van der Waals surface area contributed by atoms with Gasteiger partial charge in [-0.3, -0.25) is 0 Å². The maximum absolute atomic E-state index is 6.57. The molecule has 8 aromatic carbocycles. The second-order valence-electron chi connectivity index (χ2n) is 14.6. The lowest BCUT2D eigenvalue weighted by atomic mass is 10.0. The number of hydrogen-bond acceptors (Lipinski definition) is 5. The highest BCUT2D eigenvalue weighted by molar-refractivity contribution is 6.22. The number of fused-ring (bicyclic) bond motifs is 9. The van der Waals surface area contributed by atoms with Crippen LogP contribution in [0.3, 0.4) is 0 Å². The van der Waals surface area contributed by atoms with Gasteiger partial charge in [0.25, 0.3) is 0 Å². The first kappa shape index (κ1) is 31.6. The van der Waals surface area contributed by atoms with Crippen LogP contribution in [-0.2, 0) is 0 Å². The number of aliphatic imine (C=N–C) groups is 2. The van der Waals surface area contributed by atoms with Crippen molar-refractivity contribution in [1.82, 2.24) is 9.88 Å². The summed E-state index contributed by atoms with van der Waals surface area (Å²) in [6.07, 6.45) is -0.342. The molecule has 0 fully saturated rings. The first-order chi connectivity index (χ1) is 28.2. The molecule has 0 saturated heterocycles. The molecule has 268 valence electrons. The number of amidine groups is 2. The summed E-state index contributed by atoms with van der Waals surface area (Å²) < 4.78 is 15.2. The largest absolute Gasteiger partial charge is 0.456 e. The molecule has 11 aromatic rings. The Hall–Kier alpha value is -7.70. The summed E-state index contributed by atoms with van der Waals surface area (Å²) in [6.45, 7) is 0. The van der Waals surface area contributed by atoms with Crippen LogP contribution in [0.5, 0.6) is 0 Å². The van der Waals surface area contributed by atoms with Crippen molar-refractivity contribution < 1.29 is 8.83 Å². The number of aromatic nitrogens is 1. The van der Waals surface area contributed by atoms with Gasteiger partial charge in [0.2, 0.25) is 0 Å². The van der Waals surface area contributed by atoms with Crippen LogP contribution < -0.4 is 5.32 Å². The Labute approximate surface area is 326 Å². The number of furan rings is 2. The predicted octanol–water partition coefficient (Wildman–Crippen LogP) is 12.7. The molecule has 1 unspecified atom stereocenters. The van der Waals surface area contributed by atoms with Gasteiger partial charge < -0.3 is 18.7 Å². The second-order valence-corrected chi connectivity index (χ2v) is 14.6. The molecule has 1 aliphatic rings. The van der Waals surface area contributed by atoms with E-state index in [9.17, 15) is 0 Å². The Morgan fingerprint density at radius 1 is 0.456 bits per heavy atom. The highest BCUT2D eigenvalue weighted by Gasteiger charge is 2.24. The first-order valence-corrected chi connectivity index (χ1v) is 19.2. The van der Waals surface area contributed by atoms with Crippen molar-refractivity contribution in [3.63, 3.8) is 0 Å². The fourth-order valence-electron chi connectivity index (χ4n) is 8.67. The summed E-state index contributed by atoms with van der Waals surface area (Å²) in [5.74, 6) is 1.37. The molecule has 4 heterocycles. The third kappa shape index (κ3) is 4.97. The molecule has 0 aliphatic carbocycles. The Balaban J connectivity index is 0.983. The minimum Gasteiger partial charge on any atom is -0.456 e. The maximum Gasteiger partial charge on any atom is 0.159 e. The zero-order chi connectivity index (χ0) is 37.5. The van der Waals surface area contributed by atoms with Gasteiger partial charge in [-0.05, 0) is 65.7 Å². The third-order valence-corrected chi connectivity index (χ3v) is 11.3. The average molecular weight is 733 g/mol. The molecule has 3 aromatic heterocycles. The van der Waals surface area contributed by atoms with E-state index in [1.165, 1.54) is 21.8 Å². The molecule has 0 amide bonds. The summed E-state index contributed by atoms with van der Waals surface area (Å²) in [5, 5.41) is 10.3. The van der Waals surface area contributed by atoms with Gasteiger partial charge in [0.05, 0.1) is 16.7 Å². The Morgan fingerprint density at radius 2 is 1.11 bits per heavy atom. The van der Waals surface area contributed by atoms with Crippen molar-refractivity contribution in [2.24, 2.45) is 9.98 Å². The summed E-state index contributed by atoms with van der Waals surface area (Å²) in [4.78, 5) is 10.4. The highest BCUT2D eigenvalue weighted by Crippen LogP contribution is 2.39. The van der Waals surface area contributed by atoms with Gasteiger partial charge in [0.1, 0.15) is 34.3 Å². The maximum atomic E-state index is 6.57. The van der Waals surface area contributed by atoms with E-state index < -0.39 is 0 Å². The average Bonchev–Trinajstić information content (AvgIpc) is 3.95. The van der Waals surface area contributed by atoms with Crippen LogP contribution in [0, 0.1) is 0 Å². The standard InChI is InChI=1S/C51H32N4O2/c1-2-13-31(14-3-1)49-52-50(54-51(53-49)39-19-12-24-46-48(39)38-18-7-11-23-44(38)56-46)33-25-27-37-40-29-32(26-28-45(40)57-47(37)30-33)34-15-4-8-20-41(34)55-42-21-9-5-16-35(42)36-17-6-10-22-43(36)55/h1-30,49H,(H,52,53,54). The van der Waals surface area contributed by atoms with Crippen LogP contribution in [0.25, 0.3) is 82.5 Å². The molecule has 6 nitrogen and oxygen atoms in total. The first-order valence-electron chi connectivity index (χ1n) is 19.2. The van der Waals surface area contributed by atoms with Crippen LogP contribution in [-0.4, -0.2) is 16.2 Å². The van der Waals surface area contributed by atoms with E-state index in [0.717, 1.165) is 83.2 Å². The van der Waals surface area contributed by atoms with Crippen molar-refractivity contribution in [3.8, 4) is 16.8 Å². The smallest absolute Gasteiger partial charge is 0.159 e. The van der Waals surface area contributed by atoms with Gasteiger partial charge in [-0.15, -0.1) is 0 Å². The lowest BCUT2D eigenvalue weighted by Crippen LogP contribution is -2.33. The van der Waals surface area contributed by atoms with Gasteiger partial charge in [0, 0.05) is 49.0 Å². The summed E-state index contributed by atoms with van der Waals surface area (Å²) in [7, 11) is 0. The van der Waals surface area contributed by atoms with E-state index >= 15 is 0 Å². The number of nitrogens with zero attached hydrogens (tertiary/aromatic N) is 3. The molecular formula is C51H32N4O2. The van der Waals surface area contributed by atoms with E-state index in [0.29, 0.717) is 5.84 Å². The van der Waals surface area contributed by atoms with Crippen molar-refractivity contribution in [1.29, 1.82) is 0 Å². The predicted molar refractivity (Wildman–Crippen MR) is 233 cm³/mol. The molecule has 1 aliphatic heterocycles. The van der Waals surface area contributed by atoms with Crippen LogP contribution in [0.1, 0.15) is 22.9 Å². The van der Waals surface area contributed by atoms with Crippen molar-refractivity contribution >= 4 is 77.4 Å². The highest BCUT2D eigenvalue weighted by atomic mass is 16.3. The summed E-state index contributed by atoms with van der Waals surface area (Å²) >= 11 is 0. The molecule has 1 atom stereocenters. The Kier molecular flexibility index (Phi) is 6.89. The molecule has 12 rings (SSSR count). The monoisotopic (exact) mass is 732 g/mol. The number of benzene rings is 8. The van der Waals surface area contributed by atoms with Crippen LogP contribution in [0.15, 0.2) is 201 Å². The lowest BCUT2D eigenvalue weighted by molar-refractivity contribution is 0.667. The molecule has 6 heteroatoms. The Bertz CT molecular complexity index is 3400.